The lowest BCUT2D eigenvalue weighted by atomic mass is 10.1. The molecule has 0 aliphatic carbocycles. The predicted octanol–water partition coefficient (Wildman–Crippen LogP) is 17.4. The summed E-state index contributed by atoms with van der Waals surface area (Å²) in [6.45, 7) is 6.16. The van der Waals surface area contributed by atoms with Crippen molar-refractivity contribution in [2.45, 2.75) is 194 Å². The smallest absolute Gasteiger partial charge is 0.306 e. The van der Waals surface area contributed by atoms with Gasteiger partial charge in [0.1, 0.15) is 13.2 Å². The van der Waals surface area contributed by atoms with Gasteiger partial charge >= 0.3 is 17.9 Å². The number of unbranched alkanes of at least 4 members (excludes halogenated alkanes) is 7. The number of esters is 3. The van der Waals surface area contributed by atoms with Crippen LogP contribution in [0, 0.1) is 0 Å². The molecule has 0 amide bonds. The topological polar surface area (TPSA) is 78.9 Å². The average Bonchev–Trinajstić information content (AvgIpc) is 3.33. The third kappa shape index (κ3) is 51.9. The van der Waals surface area contributed by atoms with Crippen molar-refractivity contribution in [3.05, 3.63) is 158 Å². The summed E-state index contributed by atoms with van der Waals surface area (Å²) in [7, 11) is 0. The molecule has 0 rings (SSSR count). The third-order valence-corrected chi connectivity index (χ3v) is 10.0. The summed E-state index contributed by atoms with van der Waals surface area (Å²) in [4.78, 5) is 38.0. The Labute approximate surface area is 409 Å². The Morgan fingerprint density at radius 3 is 0.836 bits per heavy atom. The minimum Gasteiger partial charge on any atom is -0.462 e. The van der Waals surface area contributed by atoms with Gasteiger partial charge in [-0.1, -0.05) is 185 Å². The van der Waals surface area contributed by atoms with E-state index in [0.29, 0.717) is 19.3 Å². The summed E-state index contributed by atoms with van der Waals surface area (Å²) in [5.74, 6) is -1.06. The standard InChI is InChI=1S/C61H92O6/c1-4-7-10-13-16-19-22-25-28-29-30-31-34-36-39-42-45-48-51-54-60(63)66-57-58(67-61(64)55-52-49-46-43-40-37-33-27-24-21-18-15-12-9-6-3)56-65-59(62)53-50-47-44-41-38-35-32-26-23-20-17-14-11-8-5-2/h7-12,16-21,25-28,30-33,36,38-41,43,58H,4-6,13-15,22-24,29,34-35,37,42,44-57H2,1-3H3/b10-7-,11-8-,12-9-,19-16-,20-17-,21-18-,28-25-,31-30-,32-26-,33-27-,39-36-,41-38-,43-40-/t58-/m1/s1. The molecular formula is C61H92O6. The SMILES string of the molecule is CC/C=C\C/C=C\C/C=C\C/C=C\C/C=C\CCCCCC(=O)OC[C@@H](COC(=O)CCCC/C=C\C/C=C\C/C=C\C/C=C\CC)OC(=O)CCCC/C=C\C/C=C\C/C=C\C/C=C\CC. The fourth-order valence-electron chi connectivity index (χ4n) is 6.21. The van der Waals surface area contributed by atoms with E-state index in [9.17, 15) is 14.4 Å². The van der Waals surface area contributed by atoms with Crippen molar-refractivity contribution in [1.29, 1.82) is 0 Å². The summed E-state index contributed by atoms with van der Waals surface area (Å²) in [5.41, 5.74) is 0. The lowest BCUT2D eigenvalue weighted by Crippen LogP contribution is -2.30. The molecule has 0 radical (unpaired) electrons. The van der Waals surface area contributed by atoms with Gasteiger partial charge in [0.25, 0.3) is 0 Å². The van der Waals surface area contributed by atoms with Crippen LogP contribution in [0.5, 0.6) is 0 Å². The number of ether oxygens (including phenoxy) is 3. The van der Waals surface area contributed by atoms with Gasteiger partial charge in [0.05, 0.1) is 0 Å². The first-order valence-electron chi connectivity index (χ1n) is 26.0. The van der Waals surface area contributed by atoms with Crippen LogP contribution in [0.4, 0.5) is 0 Å². The molecule has 0 aromatic rings. The van der Waals surface area contributed by atoms with Gasteiger partial charge in [-0.15, -0.1) is 0 Å². The fraction of sp³-hybridized carbons (Fsp3) is 0.525. The highest BCUT2D eigenvalue weighted by atomic mass is 16.6. The Kier molecular flexibility index (Phi) is 49.7. The van der Waals surface area contributed by atoms with Crippen LogP contribution in [0.3, 0.4) is 0 Å². The van der Waals surface area contributed by atoms with Gasteiger partial charge in [-0.05, 0) is 141 Å². The molecule has 0 fully saturated rings. The van der Waals surface area contributed by atoms with Gasteiger partial charge in [-0.2, -0.15) is 0 Å². The van der Waals surface area contributed by atoms with E-state index in [4.69, 9.17) is 14.2 Å². The number of rotatable bonds is 44. The first kappa shape index (κ1) is 62.0. The lowest BCUT2D eigenvalue weighted by Gasteiger charge is -2.18. The first-order chi connectivity index (χ1) is 33.0. The van der Waals surface area contributed by atoms with Crippen LogP contribution in [0.15, 0.2) is 158 Å². The number of hydrogen-bond acceptors (Lipinski definition) is 6. The van der Waals surface area contributed by atoms with Crippen molar-refractivity contribution in [3.63, 3.8) is 0 Å². The summed E-state index contributed by atoms with van der Waals surface area (Å²) in [6, 6.07) is 0. The zero-order chi connectivity index (χ0) is 48.6. The number of hydrogen-bond donors (Lipinski definition) is 0. The zero-order valence-corrected chi connectivity index (χ0v) is 42.3. The van der Waals surface area contributed by atoms with Gasteiger partial charge in [-0.3, -0.25) is 14.4 Å². The molecule has 0 aliphatic rings. The molecule has 67 heavy (non-hydrogen) atoms. The minimum atomic E-state index is -0.838. The molecule has 0 aromatic heterocycles. The molecule has 6 heteroatoms. The van der Waals surface area contributed by atoms with Crippen LogP contribution in [0.1, 0.15) is 188 Å². The molecule has 0 heterocycles. The summed E-state index contributed by atoms with van der Waals surface area (Å²) >= 11 is 0. The van der Waals surface area contributed by atoms with Gasteiger partial charge in [-0.25, -0.2) is 0 Å². The molecule has 0 saturated carbocycles. The molecule has 372 valence electrons. The van der Waals surface area contributed by atoms with Crippen molar-refractivity contribution in [2.24, 2.45) is 0 Å². The van der Waals surface area contributed by atoms with E-state index in [1.807, 2.05) is 0 Å². The van der Waals surface area contributed by atoms with E-state index in [2.05, 4.69) is 179 Å². The Morgan fingerprint density at radius 2 is 0.537 bits per heavy atom. The van der Waals surface area contributed by atoms with E-state index in [1.165, 1.54) is 0 Å². The Bertz CT molecular complexity index is 1570. The van der Waals surface area contributed by atoms with Crippen molar-refractivity contribution in [1.82, 2.24) is 0 Å². The molecule has 0 saturated heterocycles. The Morgan fingerprint density at radius 1 is 0.299 bits per heavy atom. The largest absolute Gasteiger partial charge is 0.462 e. The van der Waals surface area contributed by atoms with E-state index < -0.39 is 6.10 Å². The maximum absolute atomic E-state index is 12.8. The highest BCUT2D eigenvalue weighted by Crippen LogP contribution is 2.10. The van der Waals surface area contributed by atoms with E-state index in [1.54, 1.807) is 0 Å². The normalized spacial score (nSPS) is 13.4. The lowest BCUT2D eigenvalue weighted by molar-refractivity contribution is -0.167. The Hall–Kier alpha value is -4.97. The van der Waals surface area contributed by atoms with Gasteiger partial charge in [0.15, 0.2) is 6.10 Å². The van der Waals surface area contributed by atoms with Crippen LogP contribution in [-0.4, -0.2) is 37.2 Å². The predicted molar refractivity (Wildman–Crippen MR) is 288 cm³/mol. The van der Waals surface area contributed by atoms with Crippen LogP contribution < -0.4 is 0 Å². The molecular weight excluding hydrogens is 829 g/mol. The molecule has 0 spiro atoms. The first-order valence-corrected chi connectivity index (χ1v) is 26.0. The van der Waals surface area contributed by atoms with E-state index in [-0.39, 0.29) is 44.0 Å². The van der Waals surface area contributed by atoms with Crippen molar-refractivity contribution in [3.8, 4) is 0 Å². The molecule has 0 aliphatic heterocycles. The summed E-state index contributed by atoms with van der Waals surface area (Å²) < 4.78 is 16.7. The fourth-order valence-corrected chi connectivity index (χ4v) is 6.21. The molecule has 0 unspecified atom stereocenters. The van der Waals surface area contributed by atoms with Crippen LogP contribution in [0.25, 0.3) is 0 Å². The molecule has 0 aromatic carbocycles. The second kappa shape index (κ2) is 53.6. The minimum absolute atomic E-state index is 0.133. The zero-order valence-electron chi connectivity index (χ0n) is 42.3. The average molecular weight is 921 g/mol. The van der Waals surface area contributed by atoms with Crippen molar-refractivity contribution < 1.29 is 28.6 Å². The highest BCUT2D eigenvalue weighted by molar-refractivity contribution is 5.71. The molecule has 6 nitrogen and oxygen atoms in total. The van der Waals surface area contributed by atoms with Gasteiger partial charge < -0.3 is 14.2 Å². The highest BCUT2D eigenvalue weighted by Gasteiger charge is 2.19. The monoisotopic (exact) mass is 921 g/mol. The van der Waals surface area contributed by atoms with Gasteiger partial charge in [0.2, 0.25) is 0 Å². The maximum atomic E-state index is 12.8. The molecule has 1 atom stereocenters. The number of allylic oxidation sites excluding steroid dienone is 26. The van der Waals surface area contributed by atoms with E-state index in [0.717, 1.165) is 135 Å². The second-order valence-corrected chi connectivity index (χ2v) is 16.3. The second-order valence-electron chi connectivity index (χ2n) is 16.3. The quantitative estimate of drug-likeness (QED) is 0.0262. The summed E-state index contributed by atoms with van der Waals surface area (Å²) in [6.07, 6.45) is 78.0. The Balaban J connectivity index is 4.61. The number of carbonyl (C=O) groups is 3. The van der Waals surface area contributed by atoms with Crippen molar-refractivity contribution >= 4 is 17.9 Å². The molecule has 0 bridgehead atoms. The third-order valence-electron chi connectivity index (χ3n) is 10.0. The van der Waals surface area contributed by atoms with Crippen LogP contribution in [0.2, 0.25) is 0 Å². The van der Waals surface area contributed by atoms with E-state index >= 15 is 0 Å². The number of carbonyl (C=O) groups excluding carboxylic acids is 3. The molecule has 0 N–H and O–H groups in total. The summed E-state index contributed by atoms with van der Waals surface area (Å²) in [5, 5.41) is 0. The van der Waals surface area contributed by atoms with Crippen LogP contribution in [-0.2, 0) is 28.6 Å². The van der Waals surface area contributed by atoms with Gasteiger partial charge in [0, 0.05) is 19.3 Å². The van der Waals surface area contributed by atoms with Crippen LogP contribution >= 0.6 is 0 Å². The maximum Gasteiger partial charge on any atom is 0.306 e. The van der Waals surface area contributed by atoms with Crippen molar-refractivity contribution in [2.75, 3.05) is 13.2 Å².